The minimum atomic E-state index is -0.424. The largest absolute Gasteiger partial charge is 0.311 e. The van der Waals surface area contributed by atoms with Crippen molar-refractivity contribution in [3.05, 3.63) is 233 Å². The average Bonchev–Trinajstić information content (AvgIpc) is 3.97. The minimum absolute atomic E-state index is 0.0297. The molecule has 0 saturated heterocycles. The van der Waals surface area contributed by atoms with E-state index in [1.54, 1.807) is 0 Å². The predicted octanol–water partition coefficient (Wildman–Crippen LogP) is 14.7. The van der Waals surface area contributed by atoms with Gasteiger partial charge in [0.15, 0.2) is 0 Å². The Kier molecular flexibility index (Phi) is 7.94. The molecule has 2 nitrogen and oxygen atoms in total. The highest BCUT2D eigenvalue weighted by atomic mass is 32.1. The van der Waals surface area contributed by atoms with Gasteiger partial charge in [0.05, 0.1) is 11.1 Å². The summed E-state index contributed by atoms with van der Waals surface area (Å²) >= 11 is 2.00. The van der Waals surface area contributed by atoms with E-state index in [1.807, 2.05) is 11.3 Å². The van der Waals surface area contributed by atoms with Crippen LogP contribution in [0.25, 0.3) is 43.5 Å². The van der Waals surface area contributed by atoms with Crippen LogP contribution in [0.5, 0.6) is 0 Å². The van der Waals surface area contributed by atoms with Crippen molar-refractivity contribution in [3.63, 3.8) is 0 Å². The summed E-state index contributed by atoms with van der Waals surface area (Å²) in [6.45, 7) is 9.14. The van der Waals surface area contributed by atoms with Crippen LogP contribution >= 0.6 is 11.3 Å². The lowest BCUT2D eigenvalue weighted by Gasteiger charge is -2.43. The summed E-state index contributed by atoms with van der Waals surface area (Å²) in [5.41, 5.74) is 26.9. The molecule has 4 aliphatic rings. The molecule has 2 aliphatic heterocycles. The highest BCUT2D eigenvalue weighted by Crippen LogP contribution is 2.64. The number of benzene rings is 9. The zero-order valence-electron chi connectivity index (χ0n) is 37.4. The van der Waals surface area contributed by atoms with Crippen LogP contribution in [-0.4, -0.2) is 6.71 Å². The van der Waals surface area contributed by atoms with Crippen LogP contribution in [-0.2, 0) is 5.41 Å². The van der Waals surface area contributed by atoms with Crippen LogP contribution in [0.4, 0.5) is 34.1 Å². The quantitative estimate of drug-likeness (QED) is 0.163. The summed E-state index contributed by atoms with van der Waals surface area (Å²) in [5, 5.41) is 1.31. The van der Waals surface area contributed by atoms with Crippen molar-refractivity contribution in [2.75, 3.05) is 9.80 Å². The lowest BCUT2D eigenvalue weighted by molar-refractivity contribution is 0.785. The highest BCUT2D eigenvalue weighted by molar-refractivity contribution is 7.33. The molecule has 0 radical (unpaired) electrons. The molecule has 10 aromatic rings. The van der Waals surface area contributed by atoms with Crippen molar-refractivity contribution in [1.82, 2.24) is 0 Å². The zero-order valence-corrected chi connectivity index (χ0v) is 38.2. The summed E-state index contributed by atoms with van der Waals surface area (Å²) in [7, 11) is 0. The highest BCUT2D eigenvalue weighted by Gasteiger charge is 2.53. The Balaban J connectivity index is 1.10. The fourth-order valence-electron chi connectivity index (χ4n) is 12.2. The van der Waals surface area contributed by atoms with Gasteiger partial charge in [0, 0.05) is 43.3 Å². The van der Waals surface area contributed by atoms with Gasteiger partial charge >= 0.3 is 0 Å². The summed E-state index contributed by atoms with van der Waals surface area (Å²) in [5.74, 6) is 0.412. The maximum Gasteiger partial charge on any atom is 0.264 e. The third-order valence-corrected chi connectivity index (χ3v) is 16.3. The molecule has 9 aromatic carbocycles. The van der Waals surface area contributed by atoms with E-state index in [0.717, 1.165) is 5.69 Å². The van der Waals surface area contributed by atoms with E-state index in [1.165, 1.54) is 127 Å². The van der Waals surface area contributed by atoms with Crippen molar-refractivity contribution >= 4 is 78.0 Å². The van der Waals surface area contributed by atoms with Gasteiger partial charge in [-0.1, -0.05) is 159 Å². The molecule has 312 valence electrons. The van der Waals surface area contributed by atoms with Crippen molar-refractivity contribution in [2.24, 2.45) is 0 Å². The number of hydrogen-bond donors (Lipinski definition) is 0. The number of hydrogen-bond acceptors (Lipinski definition) is 3. The van der Waals surface area contributed by atoms with E-state index < -0.39 is 5.41 Å². The van der Waals surface area contributed by atoms with Crippen molar-refractivity contribution in [2.45, 2.75) is 39.0 Å². The molecular weight excluding hydrogens is 816 g/mol. The number of thiophene rings is 1. The number of para-hydroxylation sites is 1. The predicted molar refractivity (Wildman–Crippen MR) is 281 cm³/mol. The number of fused-ring (bicyclic) bond motifs is 16. The third kappa shape index (κ3) is 5.03. The Labute approximate surface area is 391 Å². The SMILES string of the molecule is Cc1ccc(N2c3cc(C)cc4c3B(c3ccc(-c5ccccc5)cc3N4c3ccccc3)c3sc4cc5c(cc4c32)-c2ccc(C(C)C)cc2C52c3ccccc3-c3ccccc32)cc1. The number of aryl methyl sites for hydroxylation is 2. The van der Waals surface area contributed by atoms with Crippen LogP contribution in [0.3, 0.4) is 0 Å². The molecule has 2 aliphatic carbocycles. The van der Waals surface area contributed by atoms with Gasteiger partial charge < -0.3 is 9.80 Å². The molecular formula is C62H45BN2S. The molecule has 14 rings (SSSR count). The van der Waals surface area contributed by atoms with Crippen molar-refractivity contribution < 1.29 is 0 Å². The Hall–Kier alpha value is -7.40. The minimum Gasteiger partial charge on any atom is -0.311 e. The van der Waals surface area contributed by atoms with Gasteiger partial charge in [-0.2, -0.15) is 0 Å². The second kappa shape index (κ2) is 13.8. The third-order valence-electron chi connectivity index (χ3n) is 15.1. The first kappa shape index (κ1) is 37.9. The Morgan fingerprint density at radius 1 is 0.470 bits per heavy atom. The zero-order chi connectivity index (χ0) is 44.0. The molecule has 0 unspecified atom stereocenters. The monoisotopic (exact) mass is 860 g/mol. The first-order chi connectivity index (χ1) is 32.4. The van der Waals surface area contributed by atoms with Gasteiger partial charge in [-0.15, -0.1) is 11.3 Å². The van der Waals surface area contributed by atoms with E-state index in [4.69, 9.17) is 0 Å². The molecule has 0 atom stereocenters. The molecule has 4 heteroatoms. The lowest BCUT2D eigenvalue weighted by Crippen LogP contribution is -2.60. The topological polar surface area (TPSA) is 6.48 Å². The first-order valence-corrected chi connectivity index (χ1v) is 24.2. The summed E-state index contributed by atoms with van der Waals surface area (Å²) in [4.78, 5) is 5.15. The number of anilines is 6. The second-order valence-corrected chi connectivity index (χ2v) is 20.2. The normalized spacial score (nSPS) is 14.2. The first-order valence-electron chi connectivity index (χ1n) is 23.4. The smallest absolute Gasteiger partial charge is 0.264 e. The van der Waals surface area contributed by atoms with Gasteiger partial charge in [0.2, 0.25) is 0 Å². The van der Waals surface area contributed by atoms with Gasteiger partial charge in [-0.25, -0.2) is 0 Å². The molecule has 0 N–H and O–H groups in total. The molecule has 3 heterocycles. The van der Waals surface area contributed by atoms with Gasteiger partial charge in [0.1, 0.15) is 0 Å². The Bertz CT molecular complexity index is 3620. The van der Waals surface area contributed by atoms with E-state index in [2.05, 4.69) is 232 Å². The summed E-state index contributed by atoms with van der Waals surface area (Å²) in [6.07, 6.45) is 0. The van der Waals surface area contributed by atoms with Gasteiger partial charge in [0.25, 0.3) is 6.71 Å². The molecule has 66 heavy (non-hydrogen) atoms. The van der Waals surface area contributed by atoms with Crippen LogP contribution in [0.1, 0.15) is 58.7 Å². The fourth-order valence-corrected chi connectivity index (χ4v) is 13.6. The number of nitrogens with zero attached hydrogens (tertiary/aromatic N) is 2. The van der Waals surface area contributed by atoms with Crippen LogP contribution in [0, 0.1) is 13.8 Å². The van der Waals surface area contributed by atoms with E-state index in [9.17, 15) is 0 Å². The average molecular weight is 861 g/mol. The lowest BCUT2D eigenvalue weighted by atomic mass is 9.36. The molecule has 0 bridgehead atoms. The van der Waals surface area contributed by atoms with Gasteiger partial charge in [-0.05, 0) is 152 Å². The maximum atomic E-state index is 2.62. The van der Waals surface area contributed by atoms with E-state index in [-0.39, 0.29) is 6.71 Å². The van der Waals surface area contributed by atoms with Crippen LogP contribution < -0.4 is 25.5 Å². The summed E-state index contributed by atoms with van der Waals surface area (Å²) < 4.78 is 2.72. The Morgan fingerprint density at radius 2 is 1.09 bits per heavy atom. The Morgan fingerprint density at radius 3 is 1.80 bits per heavy atom. The molecule has 0 fully saturated rings. The van der Waals surface area contributed by atoms with Crippen molar-refractivity contribution in [1.29, 1.82) is 0 Å². The van der Waals surface area contributed by atoms with E-state index in [0.29, 0.717) is 5.92 Å². The maximum absolute atomic E-state index is 2.62. The van der Waals surface area contributed by atoms with Gasteiger partial charge in [-0.3, -0.25) is 0 Å². The van der Waals surface area contributed by atoms with Crippen LogP contribution in [0.2, 0.25) is 0 Å². The second-order valence-electron chi connectivity index (χ2n) is 19.1. The standard InChI is InChI=1S/C62H45BN2S/c1-37(2)41-25-29-47-48-35-49-58(36-53(48)62(52(47)33-41)50-21-13-11-19-45(50)46-20-12-14-22-51(46)62)66-61-60(49)65(44-27-23-38(3)24-28-44)57-32-39(4)31-56-59(57)63(61)54-30-26-42(40-15-7-5-8-16-40)34-55(54)64(56)43-17-9-6-10-18-43/h5-37H,1-4H3. The fraction of sp³-hybridized carbons (Fsp3) is 0.0968. The van der Waals surface area contributed by atoms with Crippen LogP contribution in [0.15, 0.2) is 194 Å². The van der Waals surface area contributed by atoms with E-state index >= 15 is 0 Å². The summed E-state index contributed by atoms with van der Waals surface area (Å²) in [6, 6.07) is 74.1. The molecule has 0 amide bonds. The molecule has 0 saturated carbocycles. The van der Waals surface area contributed by atoms with Crippen molar-refractivity contribution in [3.8, 4) is 33.4 Å². The number of rotatable bonds is 4. The molecule has 1 aromatic heterocycles. The molecule has 1 spiro atoms.